The van der Waals surface area contributed by atoms with Crippen LogP contribution in [0.1, 0.15) is 60.5 Å². The van der Waals surface area contributed by atoms with E-state index in [1.165, 1.54) is 0 Å². The minimum absolute atomic E-state index is 0.0262. The summed E-state index contributed by atoms with van der Waals surface area (Å²) >= 11 is 6.31. The Morgan fingerprint density at radius 1 is 1.36 bits per heavy atom. The number of nitrogens with one attached hydrogen (secondary N) is 2. The molecule has 2 N–H and O–H groups in total. The molecule has 0 unspecified atom stereocenters. The largest absolute Gasteiger partial charge is 0.486 e. The third kappa shape index (κ3) is 6.30. The standard InChI is InChI=1S/C24H29ClN4O4/c1-3-5-18-21(14-26)27-22(28-23(18)30)15-33-17-6-7-20(25)19(13-17)24(31)29-10-8-16(9-11-29)32-12-4-2/h3,5-7,13-14,16,26H,4,8-12,15H2,1-2H3,(H,27,28,30)/b5-3-,26-14?. The number of hydrogen-bond acceptors (Lipinski definition) is 6. The van der Waals surface area contributed by atoms with Crippen LogP contribution in [0.5, 0.6) is 5.75 Å². The van der Waals surface area contributed by atoms with Crippen LogP contribution >= 0.6 is 11.6 Å². The average Bonchev–Trinajstić information content (AvgIpc) is 2.83. The Morgan fingerprint density at radius 3 is 2.79 bits per heavy atom. The van der Waals surface area contributed by atoms with Crippen LogP contribution in [0.3, 0.4) is 0 Å². The van der Waals surface area contributed by atoms with E-state index in [0.717, 1.165) is 32.1 Å². The van der Waals surface area contributed by atoms with Crippen molar-refractivity contribution in [1.29, 1.82) is 5.41 Å². The topological polar surface area (TPSA) is 108 Å². The van der Waals surface area contributed by atoms with Gasteiger partial charge in [-0.15, -0.1) is 0 Å². The van der Waals surface area contributed by atoms with E-state index in [1.807, 2.05) is 0 Å². The molecule has 3 rings (SSSR count). The summed E-state index contributed by atoms with van der Waals surface area (Å²) in [5, 5.41) is 7.87. The van der Waals surface area contributed by atoms with E-state index in [2.05, 4.69) is 16.9 Å². The Hall–Kier alpha value is -2.97. The lowest BCUT2D eigenvalue weighted by atomic mass is 10.1. The van der Waals surface area contributed by atoms with E-state index in [0.29, 0.717) is 35.0 Å². The highest BCUT2D eigenvalue weighted by Gasteiger charge is 2.25. The number of halogens is 1. The van der Waals surface area contributed by atoms with Gasteiger partial charge in [0.25, 0.3) is 11.5 Å². The molecule has 1 aromatic heterocycles. The predicted octanol–water partition coefficient (Wildman–Crippen LogP) is 4.06. The van der Waals surface area contributed by atoms with Crippen molar-refractivity contribution < 1.29 is 14.3 Å². The number of H-pyrrole nitrogens is 1. The predicted molar refractivity (Wildman–Crippen MR) is 128 cm³/mol. The van der Waals surface area contributed by atoms with Crippen molar-refractivity contribution >= 4 is 29.8 Å². The van der Waals surface area contributed by atoms with Gasteiger partial charge in [0.1, 0.15) is 18.2 Å². The fourth-order valence-electron chi connectivity index (χ4n) is 3.64. The molecule has 176 valence electrons. The number of ether oxygens (including phenoxy) is 2. The highest BCUT2D eigenvalue weighted by atomic mass is 35.5. The molecule has 8 nitrogen and oxygen atoms in total. The lowest BCUT2D eigenvalue weighted by molar-refractivity contribution is 0.00900. The molecule has 1 aliphatic rings. The Morgan fingerprint density at radius 2 is 2.12 bits per heavy atom. The number of likely N-dealkylation sites (tertiary alicyclic amines) is 1. The van der Waals surface area contributed by atoms with Gasteiger partial charge in [-0.25, -0.2) is 4.98 Å². The molecular formula is C24H29ClN4O4. The van der Waals surface area contributed by atoms with E-state index >= 15 is 0 Å². The van der Waals surface area contributed by atoms with Crippen LogP contribution < -0.4 is 10.3 Å². The molecule has 0 radical (unpaired) electrons. The normalized spacial score (nSPS) is 14.6. The zero-order chi connectivity index (χ0) is 23.8. The molecule has 1 amide bonds. The van der Waals surface area contributed by atoms with Crippen molar-refractivity contribution in [2.45, 2.75) is 45.8 Å². The first kappa shape index (κ1) is 24.7. The van der Waals surface area contributed by atoms with Gasteiger partial charge in [0.05, 0.1) is 27.9 Å². The quantitative estimate of drug-likeness (QED) is 0.535. The van der Waals surface area contributed by atoms with Gasteiger partial charge in [-0.3, -0.25) is 9.59 Å². The maximum absolute atomic E-state index is 13.0. The van der Waals surface area contributed by atoms with E-state index in [1.54, 1.807) is 42.2 Å². The molecule has 2 heterocycles. The number of nitrogens with zero attached hydrogens (tertiary/aromatic N) is 2. The second kappa shape index (κ2) is 11.8. The van der Waals surface area contributed by atoms with Crippen molar-refractivity contribution in [3.63, 3.8) is 0 Å². The number of allylic oxidation sites excluding steroid dienone is 1. The summed E-state index contributed by atoms with van der Waals surface area (Å²) in [6.07, 6.45) is 7.12. The van der Waals surface area contributed by atoms with Gasteiger partial charge < -0.3 is 24.8 Å². The molecule has 1 aromatic carbocycles. The summed E-state index contributed by atoms with van der Waals surface area (Å²) in [6, 6.07) is 4.89. The Balaban J connectivity index is 1.68. The third-order valence-electron chi connectivity index (χ3n) is 5.33. The van der Waals surface area contributed by atoms with Gasteiger partial charge in [0.2, 0.25) is 0 Å². The molecule has 1 fully saturated rings. The number of benzene rings is 1. The monoisotopic (exact) mass is 472 g/mol. The first-order valence-electron chi connectivity index (χ1n) is 11.1. The minimum Gasteiger partial charge on any atom is -0.486 e. The summed E-state index contributed by atoms with van der Waals surface area (Å²) < 4.78 is 11.6. The Kier molecular flexibility index (Phi) is 8.79. The molecule has 33 heavy (non-hydrogen) atoms. The number of aromatic amines is 1. The van der Waals surface area contributed by atoms with Gasteiger partial charge in [0, 0.05) is 25.9 Å². The molecule has 0 aliphatic carbocycles. The molecule has 0 bridgehead atoms. The molecule has 2 aromatic rings. The average molecular weight is 473 g/mol. The minimum atomic E-state index is -0.349. The van der Waals surface area contributed by atoms with Crippen LogP contribution in [-0.4, -0.2) is 52.8 Å². The van der Waals surface area contributed by atoms with Crippen molar-refractivity contribution in [3.05, 3.63) is 62.3 Å². The van der Waals surface area contributed by atoms with Crippen LogP contribution in [-0.2, 0) is 11.3 Å². The van der Waals surface area contributed by atoms with E-state index in [-0.39, 0.29) is 35.7 Å². The molecular weight excluding hydrogens is 444 g/mol. The number of rotatable bonds is 9. The van der Waals surface area contributed by atoms with E-state index in [9.17, 15) is 9.59 Å². The van der Waals surface area contributed by atoms with Crippen LogP contribution in [0.25, 0.3) is 6.08 Å². The number of aromatic nitrogens is 2. The number of amides is 1. The van der Waals surface area contributed by atoms with Crippen LogP contribution in [0, 0.1) is 5.41 Å². The summed E-state index contributed by atoms with van der Waals surface area (Å²) in [4.78, 5) is 34.1. The molecule has 0 spiro atoms. The Labute approximate surface area is 198 Å². The molecule has 0 atom stereocenters. The SMILES string of the molecule is C/C=C\c1c(C=N)nc(COc2ccc(Cl)c(C(=O)N3CCC(OCCC)CC3)c2)[nH]c1=O. The summed E-state index contributed by atoms with van der Waals surface area (Å²) in [5.41, 5.74) is 0.596. The number of hydrogen-bond donors (Lipinski definition) is 2. The lowest BCUT2D eigenvalue weighted by Gasteiger charge is -2.32. The molecule has 0 saturated carbocycles. The highest BCUT2D eigenvalue weighted by Crippen LogP contribution is 2.26. The summed E-state index contributed by atoms with van der Waals surface area (Å²) in [7, 11) is 0. The zero-order valence-electron chi connectivity index (χ0n) is 18.9. The highest BCUT2D eigenvalue weighted by molar-refractivity contribution is 6.33. The van der Waals surface area contributed by atoms with Crippen LogP contribution in [0.15, 0.2) is 29.1 Å². The van der Waals surface area contributed by atoms with Gasteiger partial charge in [-0.1, -0.05) is 30.7 Å². The van der Waals surface area contributed by atoms with Crippen molar-refractivity contribution in [1.82, 2.24) is 14.9 Å². The number of piperidine rings is 1. The van der Waals surface area contributed by atoms with Crippen molar-refractivity contribution in [3.8, 4) is 5.75 Å². The first-order valence-corrected chi connectivity index (χ1v) is 11.4. The summed E-state index contributed by atoms with van der Waals surface area (Å²) in [6.45, 7) is 5.81. The fraction of sp³-hybridized carbons (Fsp3) is 0.417. The zero-order valence-corrected chi connectivity index (χ0v) is 19.7. The van der Waals surface area contributed by atoms with Gasteiger partial charge in [-0.05, 0) is 44.4 Å². The molecule has 9 heteroatoms. The molecule has 1 aliphatic heterocycles. The van der Waals surface area contributed by atoms with Crippen LogP contribution in [0.4, 0.5) is 0 Å². The van der Waals surface area contributed by atoms with Gasteiger partial charge in [0.15, 0.2) is 0 Å². The maximum Gasteiger partial charge on any atom is 0.258 e. The van der Waals surface area contributed by atoms with Crippen molar-refractivity contribution in [2.75, 3.05) is 19.7 Å². The fourth-order valence-corrected chi connectivity index (χ4v) is 3.84. The second-order valence-electron chi connectivity index (χ2n) is 7.75. The number of carbonyl (C=O) groups excluding carboxylic acids is 1. The first-order chi connectivity index (χ1) is 16.0. The van der Waals surface area contributed by atoms with Gasteiger partial charge >= 0.3 is 0 Å². The maximum atomic E-state index is 13.0. The lowest BCUT2D eigenvalue weighted by Crippen LogP contribution is -2.41. The third-order valence-corrected chi connectivity index (χ3v) is 5.66. The van der Waals surface area contributed by atoms with Gasteiger partial charge in [-0.2, -0.15) is 0 Å². The van der Waals surface area contributed by atoms with Crippen LogP contribution in [0.2, 0.25) is 5.02 Å². The summed E-state index contributed by atoms with van der Waals surface area (Å²) in [5.74, 6) is 0.567. The van der Waals surface area contributed by atoms with Crippen molar-refractivity contribution in [2.24, 2.45) is 0 Å². The smallest absolute Gasteiger partial charge is 0.258 e. The van der Waals surface area contributed by atoms with E-state index < -0.39 is 0 Å². The second-order valence-corrected chi connectivity index (χ2v) is 8.16. The molecule has 1 saturated heterocycles. The number of carbonyl (C=O) groups is 1. The van der Waals surface area contributed by atoms with E-state index in [4.69, 9.17) is 26.5 Å². The Bertz CT molecular complexity index is 1070.